The third-order valence-electron chi connectivity index (χ3n) is 3.58. The molecule has 0 amide bonds. The SMILES string of the molecule is COC(=O)c1sc2nc(/C(Cl)=C/c3ccccc3Cl)[nH]c(=O)c2c1C. The van der Waals surface area contributed by atoms with E-state index in [2.05, 4.69) is 9.97 Å². The van der Waals surface area contributed by atoms with Gasteiger partial charge in [0.05, 0.1) is 17.5 Å². The van der Waals surface area contributed by atoms with Crippen LogP contribution in [0, 0.1) is 6.92 Å². The Hall–Kier alpha value is -2.15. The Bertz CT molecular complexity index is 1070. The first-order valence-electron chi connectivity index (χ1n) is 7.16. The van der Waals surface area contributed by atoms with Gasteiger partial charge in [0.15, 0.2) is 5.82 Å². The van der Waals surface area contributed by atoms with E-state index in [0.29, 0.717) is 31.2 Å². The molecule has 0 aliphatic rings. The molecule has 0 unspecified atom stereocenters. The number of thiophene rings is 1. The largest absolute Gasteiger partial charge is 0.465 e. The Morgan fingerprint density at radius 3 is 2.76 bits per heavy atom. The van der Waals surface area contributed by atoms with Crippen molar-refractivity contribution in [2.24, 2.45) is 0 Å². The lowest BCUT2D eigenvalue weighted by Gasteiger charge is -2.01. The second-order valence-corrected chi connectivity index (χ2v) is 6.97. The molecule has 1 aromatic carbocycles. The summed E-state index contributed by atoms with van der Waals surface area (Å²) < 4.78 is 4.74. The van der Waals surface area contributed by atoms with Gasteiger partial charge in [0, 0.05) is 5.02 Å². The fraction of sp³-hybridized carbons (Fsp3) is 0.118. The number of hydrogen-bond acceptors (Lipinski definition) is 5. The Labute approximate surface area is 156 Å². The number of hydrogen-bond donors (Lipinski definition) is 1. The van der Waals surface area contributed by atoms with Crippen LogP contribution >= 0.6 is 34.5 Å². The minimum absolute atomic E-state index is 0.205. The van der Waals surface area contributed by atoms with E-state index in [1.54, 1.807) is 25.1 Å². The smallest absolute Gasteiger partial charge is 0.348 e. The van der Waals surface area contributed by atoms with Crippen LogP contribution in [0.25, 0.3) is 21.3 Å². The van der Waals surface area contributed by atoms with Gasteiger partial charge in [-0.25, -0.2) is 9.78 Å². The number of nitrogens with zero attached hydrogens (tertiary/aromatic N) is 1. The molecule has 8 heteroatoms. The van der Waals surface area contributed by atoms with Crippen molar-refractivity contribution in [1.29, 1.82) is 0 Å². The van der Waals surface area contributed by atoms with Gasteiger partial charge in [-0.05, 0) is 30.2 Å². The van der Waals surface area contributed by atoms with Gasteiger partial charge in [-0.2, -0.15) is 0 Å². The van der Waals surface area contributed by atoms with E-state index in [0.717, 1.165) is 11.3 Å². The predicted molar refractivity (Wildman–Crippen MR) is 101 cm³/mol. The number of aromatic nitrogens is 2. The first-order valence-corrected chi connectivity index (χ1v) is 8.73. The lowest BCUT2D eigenvalue weighted by molar-refractivity contribution is 0.0605. The van der Waals surface area contributed by atoms with Crippen molar-refractivity contribution < 1.29 is 9.53 Å². The summed E-state index contributed by atoms with van der Waals surface area (Å²) in [6.45, 7) is 1.68. The molecular weight excluding hydrogens is 383 g/mol. The number of ether oxygens (including phenoxy) is 1. The first-order chi connectivity index (χ1) is 11.9. The summed E-state index contributed by atoms with van der Waals surface area (Å²) in [5.74, 6) is -0.295. The second-order valence-electron chi connectivity index (χ2n) is 5.16. The molecule has 0 saturated carbocycles. The molecule has 2 heterocycles. The summed E-state index contributed by atoms with van der Waals surface area (Å²) in [5.41, 5.74) is 0.877. The van der Waals surface area contributed by atoms with Crippen LogP contribution in [-0.2, 0) is 4.74 Å². The predicted octanol–water partition coefficient (Wildman–Crippen LogP) is 4.47. The van der Waals surface area contributed by atoms with Crippen LogP contribution in [0.15, 0.2) is 29.1 Å². The molecule has 3 aromatic rings. The Balaban J connectivity index is 2.14. The molecule has 0 bridgehead atoms. The van der Waals surface area contributed by atoms with E-state index in [4.69, 9.17) is 27.9 Å². The van der Waals surface area contributed by atoms with Crippen molar-refractivity contribution >= 4 is 61.8 Å². The summed E-state index contributed by atoms with van der Waals surface area (Å²) in [6.07, 6.45) is 1.62. The maximum absolute atomic E-state index is 12.4. The number of halogens is 2. The number of aromatic amines is 1. The molecule has 1 N–H and O–H groups in total. The van der Waals surface area contributed by atoms with Crippen LogP contribution in [0.4, 0.5) is 0 Å². The van der Waals surface area contributed by atoms with Crippen LogP contribution in [0.2, 0.25) is 5.02 Å². The molecule has 0 saturated heterocycles. The topological polar surface area (TPSA) is 72.0 Å². The van der Waals surface area contributed by atoms with Gasteiger partial charge in [0.25, 0.3) is 5.56 Å². The molecule has 0 radical (unpaired) electrons. The number of fused-ring (bicyclic) bond motifs is 1. The average Bonchev–Trinajstić information content (AvgIpc) is 2.93. The molecular formula is C17H12Cl2N2O3S. The quantitative estimate of drug-likeness (QED) is 0.665. The number of H-pyrrole nitrogens is 1. The van der Waals surface area contributed by atoms with E-state index in [9.17, 15) is 9.59 Å². The van der Waals surface area contributed by atoms with Crippen molar-refractivity contribution in [3.05, 3.63) is 61.5 Å². The Kier molecular flexibility index (Phi) is 4.94. The number of rotatable bonds is 3. The zero-order chi connectivity index (χ0) is 18.1. The highest BCUT2D eigenvalue weighted by molar-refractivity contribution is 7.20. The van der Waals surface area contributed by atoms with Crippen LogP contribution < -0.4 is 5.56 Å². The van der Waals surface area contributed by atoms with Crippen LogP contribution in [0.1, 0.15) is 26.6 Å². The van der Waals surface area contributed by atoms with Gasteiger partial charge in [0.1, 0.15) is 9.71 Å². The van der Waals surface area contributed by atoms with Crippen molar-refractivity contribution in [2.75, 3.05) is 7.11 Å². The molecule has 2 aromatic heterocycles. The Morgan fingerprint density at radius 2 is 2.08 bits per heavy atom. The van der Waals surface area contributed by atoms with E-state index >= 15 is 0 Å². The lowest BCUT2D eigenvalue weighted by atomic mass is 10.2. The highest BCUT2D eigenvalue weighted by Crippen LogP contribution is 2.29. The summed E-state index contributed by atoms with van der Waals surface area (Å²) in [6, 6.07) is 7.17. The zero-order valence-electron chi connectivity index (χ0n) is 13.2. The van der Waals surface area contributed by atoms with E-state index in [1.165, 1.54) is 7.11 Å². The molecule has 25 heavy (non-hydrogen) atoms. The van der Waals surface area contributed by atoms with Crippen molar-refractivity contribution in [3.8, 4) is 0 Å². The molecule has 0 aliphatic carbocycles. The second kappa shape index (κ2) is 7.00. The van der Waals surface area contributed by atoms with Gasteiger partial charge in [-0.1, -0.05) is 41.4 Å². The van der Waals surface area contributed by atoms with Gasteiger partial charge in [-0.15, -0.1) is 11.3 Å². The summed E-state index contributed by atoms with van der Waals surface area (Å²) in [4.78, 5) is 32.0. The fourth-order valence-corrected chi connectivity index (χ4v) is 3.84. The van der Waals surface area contributed by atoms with Crippen LogP contribution in [0.3, 0.4) is 0 Å². The van der Waals surface area contributed by atoms with Crippen molar-refractivity contribution in [2.45, 2.75) is 6.92 Å². The number of benzene rings is 1. The monoisotopic (exact) mass is 394 g/mol. The summed E-state index contributed by atoms with van der Waals surface area (Å²) in [7, 11) is 1.29. The average molecular weight is 395 g/mol. The molecule has 3 rings (SSSR count). The lowest BCUT2D eigenvalue weighted by Crippen LogP contribution is -2.10. The maximum atomic E-state index is 12.4. The Morgan fingerprint density at radius 1 is 1.36 bits per heavy atom. The third-order valence-corrected chi connectivity index (χ3v) is 5.38. The van der Waals surface area contributed by atoms with Crippen molar-refractivity contribution in [3.63, 3.8) is 0 Å². The van der Waals surface area contributed by atoms with Gasteiger partial charge in [0.2, 0.25) is 0 Å². The molecule has 128 valence electrons. The number of methoxy groups -OCH3 is 1. The summed E-state index contributed by atoms with van der Waals surface area (Å²) in [5, 5.41) is 1.12. The van der Waals surface area contributed by atoms with Gasteiger partial charge < -0.3 is 9.72 Å². The number of nitrogens with one attached hydrogen (secondary N) is 1. The van der Waals surface area contributed by atoms with Crippen LogP contribution in [-0.4, -0.2) is 23.0 Å². The highest BCUT2D eigenvalue weighted by atomic mass is 35.5. The third kappa shape index (κ3) is 3.33. The zero-order valence-corrected chi connectivity index (χ0v) is 15.6. The summed E-state index contributed by atoms with van der Waals surface area (Å²) >= 11 is 13.5. The molecule has 0 aliphatic heterocycles. The minimum atomic E-state index is -0.501. The number of aryl methyl sites for hydroxylation is 1. The number of carbonyl (C=O) groups excluding carboxylic acids is 1. The first kappa shape index (κ1) is 17.7. The van der Waals surface area contributed by atoms with E-state index in [1.807, 2.05) is 12.1 Å². The normalized spacial score (nSPS) is 11.8. The molecule has 0 atom stereocenters. The van der Waals surface area contributed by atoms with Crippen LogP contribution in [0.5, 0.6) is 0 Å². The van der Waals surface area contributed by atoms with Gasteiger partial charge in [-0.3, -0.25) is 4.79 Å². The van der Waals surface area contributed by atoms with E-state index in [-0.39, 0.29) is 16.4 Å². The number of esters is 1. The van der Waals surface area contributed by atoms with Crippen molar-refractivity contribution in [1.82, 2.24) is 9.97 Å². The highest BCUT2D eigenvalue weighted by Gasteiger charge is 2.20. The van der Waals surface area contributed by atoms with E-state index < -0.39 is 5.97 Å². The number of carbonyl (C=O) groups is 1. The molecule has 0 fully saturated rings. The van der Waals surface area contributed by atoms with Gasteiger partial charge >= 0.3 is 5.97 Å². The standard InChI is InChI=1S/C17H12Cl2N2O3S/c1-8-12-15(22)20-14(21-16(12)25-13(8)17(23)24-2)11(19)7-9-5-3-4-6-10(9)18/h3-7H,1-2H3,(H,20,21,22)/b11-7-. The fourth-order valence-electron chi connectivity index (χ4n) is 2.34. The molecule has 5 nitrogen and oxygen atoms in total. The molecule has 0 spiro atoms. The minimum Gasteiger partial charge on any atom is -0.465 e. The maximum Gasteiger partial charge on any atom is 0.348 e.